The number of hydrogen-bond acceptors (Lipinski definition) is 4. The zero-order valence-electron chi connectivity index (χ0n) is 18.7. The average Bonchev–Trinajstić information content (AvgIpc) is 3.23. The molecule has 1 amide bonds. The minimum absolute atomic E-state index is 0.193. The van der Waals surface area contributed by atoms with Crippen LogP contribution in [0.1, 0.15) is 55.5 Å². The van der Waals surface area contributed by atoms with Crippen molar-refractivity contribution in [1.82, 2.24) is 15.0 Å². The largest absolute Gasteiger partial charge is 0.494 e. The van der Waals surface area contributed by atoms with E-state index in [1.807, 2.05) is 42.5 Å². The first-order valence-corrected chi connectivity index (χ1v) is 11.0. The van der Waals surface area contributed by atoms with Crippen LogP contribution in [-0.2, 0) is 0 Å². The molecule has 0 spiro atoms. The lowest BCUT2D eigenvalue weighted by molar-refractivity contribution is 0.102. The van der Waals surface area contributed by atoms with Crippen molar-refractivity contribution in [3.63, 3.8) is 0 Å². The first-order valence-electron chi connectivity index (χ1n) is 11.0. The summed E-state index contributed by atoms with van der Waals surface area (Å²) in [4.78, 5) is 14.4. The van der Waals surface area contributed by atoms with Crippen LogP contribution in [0.4, 0.5) is 5.69 Å². The molecular weight excluding hydrogens is 400 g/mol. The van der Waals surface area contributed by atoms with E-state index in [1.54, 1.807) is 16.9 Å². The van der Waals surface area contributed by atoms with Gasteiger partial charge >= 0.3 is 0 Å². The summed E-state index contributed by atoms with van der Waals surface area (Å²) in [6, 6.07) is 21.0. The third kappa shape index (κ3) is 4.97. The molecule has 1 aromatic heterocycles. The molecule has 0 aliphatic rings. The van der Waals surface area contributed by atoms with Gasteiger partial charge in [0.15, 0.2) is 0 Å². The van der Waals surface area contributed by atoms with E-state index in [4.69, 9.17) is 4.74 Å². The quantitative estimate of drug-likeness (QED) is 0.351. The van der Waals surface area contributed by atoms with E-state index in [0.717, 1.165) is 24.0 Å². The summed E-state index contributed by atoms with van der Waals surface area (Å²) in [5, 5.41) is 12.1. The number of rotatable bonds is 8. The lowest BCUT2D eigenvalue weighted by Crippen LogP contribution is -2.12. The minimum atomic E-state index is -0.193. The molecule has 3 aromatic carbocycles. The zero-order valence-corrected chi connectivity index (χ0v) is 18.7. The number of benzene rings is 3. The highest BCUT2D eigenvalue weighted by Crippen LogP contribution is 2.21. The number of fused-ring (bicyclic) bond motifs is 1. The van der Waals surface area contributed by atoms with E-state index in [2.05, 4.69) is 48.4 Å². The Balaban J connectivity index is 1.49. The topological polar surface area (TPSA) is 69.0 Å². The fourth-order valence-electron chi connectivity index (χ4n) is 3.37. The predicted octanol–water partition coefficient (Wildman–Crippen LogP) is 5.98. The van der Waals surface area contributed by atoms with E-state index in [-0.39, 0.29) is 5.91 Å². The molecule has 32 heavy (non-hydrogen) atoms. The summed E-state index contributed by atoms with van der Waals surface area (Å²) in [5.74, 6) is 0.985. The molecule has 0 aliphatic heterocycles. The lowest BCUT2D eigenvalue weighted by Gasteiger charge is -2.08. The molecule has 6 heteroatoms. The second-order valence-corrected chi connectivity index (χ2v) is 8.12. The molecule has 1 N–H and O–H groups in total. The molecule has 0 aliphatic carbocycles. The van der Waals surface area contributed by atoms with Gasteiger partial charge in [-0.3, -0.25) is 4.79 Å². The maximum Gasteiger partial charge on any atom is 0.255 e. The van der Waals surface area contributed by atoms with Crippen LogP contribution in [0.3, 0.4) is 0 Å². The molecule has 0 saturated carbocycles. The highest BCUT2D eigenvalue weighted by atomic mass is 16.5. The van der Waals surface area contributed by atoms with Crippen LogP contribution < -0.4 is 10.1 Å². The lowest BCUT2D eigenvalue weighted by atomic mass is 10.0. The summed E-state index contributed by atoms with van der Waals surface area (Å²) in [5.41, 5.74) is 4.87. The SMILES string of the molecule is CCCCOc1cccc(C(=O)Nc2ccc3nn(-c4ccc(C(C)C)cc4)nc3c2)c1. The predicted molar refractivity (Wildman–Crippen MR) is 128 cm³/mol. The number of nitrogens with zero attached hydrogens (tertiary/aromatic N) is 3. The average molecular weight is 429 g/mol. The smallest absolute Gasteiger partial charge is 0.255 e. The molecule has 0 unspecified atom stereocenters. The first-order chi connectivity index (χ1) is 15.5. The van der Waals surface area contributed by atoms with Gasteiger partial charge in [-0.25, -0.2) is 0 Å². The Hall–Kier alpha value is -3.67. The summed E-state index contributed by atoms with van der Waals surface area (Å²) in [6.07, 6.45) is 2.05. The van der Waals surface area contributed by atoms with Crippen molar-refractivity contribution in [2.45, 2.75) is 39.5 Å². The van der Waals surface area contributed by atoms with Gasteiger partial charge in [-0.1, -0.05) is 45.4 Å². The number of aromatic nitrogens is 3. The molecule has 4 rings (SSSR count). The standard InChI is InChI=1S/C26H28N4O2/c1-4-5-15-32-23-8-6-7-20(16-23)26(31)27-21-11-14-24-25(17-21)29-30(28-24)22-12-9-19(10-13-22)18(2)3/h6-14,16-18H,4-5,15H2,1-3H3,(H,27,31). The van der Waals surface area contributed by atoms with Gasteiger partial charge in [0.25, 0.3) is 5.91 Å². The van der Waals surface area contributed by atoms with E-state index < -0.39 is 0 Å². The Bertz CT molecular complexity index is 1210. The monoisotopic (exact) mass is 428 g/mol. The molecule has 0 radical (unpaired) electrons. The van der Waals surface area contributed by atoms with E-state index in [1.165, 1.54) is 5.56 Å². The summed E-state index contributed by atoms with van der Waals surface area (Å²) < 4.78 is 5.71. The maximum atomic E-state index is 12.7. The zero-order chi connectivity index (χ0) is 22.5. The summed E-state index contributed by atoms with van der Waals surface area (Å²) in [7, 11) is 0. The van der Waals surface area contributed by atoms with Crippen LogP contribution in [0.15, 0.2) is 66.7 Å². The molecule has 164 valence electrons. The van der Waals surface area contributed by atoms with Gasteiger partial charge in [-0.05, 0) is 66.4 Å². The Kier molecular flexibility index (Phi) is 6.50. The number of hydrogen-bond donors (Lipinski definition) is 1. The van der Waals surface area contributed by atoms with Gasteiger partial charge in [-0.2, -0.15) is 4.80 Å². The van der Waals surface area contributed by atoms with Gasteiger partial charge in [0.1, 0.15) is 16.8 Å². The number of ether oxygens (including phenoxy) is 1. The van der Waals surface area contributed by atoms with Gasteiger partial charge in [-0.15, -0.1) is 10.2 Å². The van der Waals surface area contributed by atoms with Crippen molar-refractivity contribution < 1.29 is 9.53 Å². The van der Waals surface area contributed by atoms with Crippen molar-refractivity contribution in [3.05, 3.63) is 77.9 Å². The van der Waals surface area contributed by atoms with Gasteiger partial charge in [0.2, 0.25) is 0 Å². The second-order valence-electron chi connectivity index (χ2n) is 8.12. The fraction of sp³-hybridized carbons (Fsp3) is 0.269. The van der Waals surface area contributed by atoms with Crippen LogP contribution in [0, 0.1) is 0 Å². The highest BCUT2D eigenvalue weighted by molar-refractivity contribution is 6.05. The molecule has 1 heterocycles. The number of carbonyl (C=O) groups is 1. The second kappa shape index (κ2) is 9.64. The van der Waals surface area contributed by atoms with Crippen molar-refractivity contribution in [1.29, 1.82) is 0 Å². The van der Waals surface area contributed by atoms with Crippen molar-refractivity contribution in [3.8, 4) is 11.4 Å². The molecule has 4 aromatic rings. The Morgan fingerprint density at radius 2 is 1.78 bits per heavy atom. The van der Waals surface area contributed by atoms with Crippen LogP contribution in [0.2, 0.25) is 0 Å². The van der Waals surface area contributed by atoms with E-state index in [9.17, 15) is 4.79 Å². The maximum absolute atomic E-state index is 12.7. The van der Waals surface area contributed by atoms with Crippen LogP contribution in [-0.4, -0.2) is 27.5 Å². The number of amides is 1. The van der Waals surface area contributed by atoms with E-state index >= 15 is 0 Å². The molecular formula is C26H28N4O2. The minimum Gasteiger partial charge on any atom is -0.494 e. The van der Waals surface area contributed by atoms with Crippen LogP contribution in [0.5, 0.6) is 5.75 Å². The van der Waals surface area contributed by atoms with Gasteiger partial charge in [0, 0.05) is 11.3 Å². The van der Waals surface area contributed by atoms with E-state index in [0.29, 0.717) is 35.0 Å². The number of unbranched alkanes of at least 4 members (excludes halogenated alkanes) is 1. The van der Waals surface area contributed by atoms with Gasteiger partial charge < -0.3 is 10.1 Å². The number of carbonyl (C=O) groups excluding carboxylic acids is 1. The van der Waals surface area contributed by atoms with Gasteiger partial charge in [0.05, 0.1) is 12.3 Å². The molecule has 0 bridgehead atoms. The van der Waals surface area contributed by atoms with Crippen molar-refractivity contribution in [2.24, 2.45) is 0 Å². The third-order valence-corrected chi connectivity index (χ3v) is 5.29. The Morgan fingerprint density at radius 1 is 1.00 bits per heavy atom. The molecule has 0 saturated heterocycles. The van der Waals surface area contributed by atoms with Crippen LogP contribution >= 0.6 is 0 Å². The molecule has 0 atom stereocenters. The summed E-state index contributed by atoms with van der Waals surface area (Å²) >= 11 is 0. The number of anilines is 1. The Morgan fingerprint density at radius 3 is 2.53 bits per heavy atom. The fourth-order valence-corrected chi connectivity index (χ4v) is 3.37. The van der Waals surface area contributed by atoms with Crippen molar-refractivity contribution in [2.75, 3.05) is 11.9 Å². The first kappa shape index (κ1) is 21.6. The van der Waals surface area contributed by atoms with Crippen molar-refractivity contribution >= 4 is 22.6 Å². The number of nitrogens with one attached hydrogen (secondary N) is 1. The van der Waals surface area contributed by atoms with Crippen LogP contribution in [0.25, 0.3) is 16.7 Å². The highest BCUT2D eigenvalue weighted by Gasteiger charge is 2.10. The molecule has 0 fully saturated rings. The third-order valence-electron chi connectivity index (χ3n) is 5.29. The normalized spacial score (nSPS) is 11.1. The summed E-state index contributed by atoms with van der Waals surface area (Å²) in [6.45, 7) is 7.10. The Labute approximate surface area is 188 Å². The molecule has 6 nitrogen and oxygen atoms in total.